The Balaban J connectivity index is 0.000000397. The average molecular weight is 590 g/mol. The second-order valence-corrected chi connectivity index (χ2v) is 8.87. The quantitative estimate of drug-likeness (QED) is 0.303. The molecule has 37 heavy (non-hydrogen) atoms. The van der Waals surface area contributed by atoms with Crippen LogP contribution in [-0.2, 0) is 14.2 Å². The van der Waals surface area contributed by atoms with Crippen LogP contribution in [0.2, 0.25) is 0 Å². The van der Waals surface area contributed by atoms with Gasteiger partial charge < -0.3 is 23.7 Å². The Hall–Kier alpha value is -3.41. The van der Waals surface area contributed by atoms with Crippen LogP contribution in [0.4, 0.5) is 19.3 Å². The fraction of sp³-hybridized carbons (Fsp3) is 0.400. The summed E-state index contributed by atoms with van der Waals surface area (Å²) >= 11 is 3.08. The lowest BCUT2D eigenvalue weighted by molar-refractivity contribution is 0.0509. The van der Waals surface area contributed by atoms with Crippen LogP contribution in [0.3, 0.4) is 0 Å². The van der Waals surface area contributed by atoms with E-state index in [0.29, 0.717) is 4.47 Å². The van der Waals surface area contributed by atoms with Gasteiger partial charge in [0.05, 0.1) is 33.1 Å². The van der Waals surface area contributed by atoms with E-state index in [2.05, 4.69) is 21.2 Å². The Morgan fingerprint density at radius 3 is 1.76 bits per heavy atom. The summed E-state index contributed by atoms with van der Waals surface area (Å²) in [5, 5.41) is 2.34. The van der Waals surface area contributed by atoms with Gasteiger partial charge in [-0.1, -0.05) is 0 Å². The van der Waals surface area contributed by atoms with Gasteiger partial charge in [0.25, 0.3) is 0 Å². The van der Waals surface area contributed by atoms with Crippen LogP contribution in [0.25, 0.3) is 0 Å². The van der Waals surface area contributed by atoms with E-state index < -0.39 is 40.8 Å². The molecule has 0 aliphatic heterocycles. The van der Waals surface area contributed by atoms with Crippen LogP contribution in [0.1, 0.15) is 55.3 Å². The van der Waals surface area contributed by atoms with Crippen molar-refractivity contribution in [2.24, 2.45) is 0 Å². The molecule has 2 rings (SSSR count). The molecule has 0 radical (unpaired) electrons. The van der Waals surface area contributed by atoms with E-state index in [-0.39, 0.29) is 36.0 Å². The summed E-state index contributed by atoms with van der Waals surface area (Å²) < 4.78 is 52.5. The maximum Gasteiger partial charge on any atom is 0.412 e. The second kappa shape index (κ2) is 14.4. The molecule has 0 heterocycles. The van der Waals surface area contributed by atoms with Gasteiger partial charge in [0.1, 0.15) is 16.7 Å². The number of carbonyl (C=O) groups excluding carboxylic acids is 3. The Morgan fingerprint density at radius 2 is 1.30 bits per heavy atom. The molecule has 2 aromatic carbocycles. The van der Waals surface area contributed by atoms with Crippen molar-refractivity contribution >= 4 is 39.6 Å². The molecular weight excluding hydrogens is 560 g/mol. The second-order valence-electron chi connectivity index (χ2n) is 8.01. The van der Waals surface area contributed by atoms with Crippen molar-refractivity contribution in [1.82, 2.24) is 0 Å². The highest BCUT2D eigenvalue weighted by atomic mass is 79.9. The van der Waals surface area contributed by atoms with Crippen LogP contribution >= 0.6 is 15.9 Å². The summed E-state index contributed by atoms with van der Waals surface area (Å²) in [4.78, 5) is 35.1. The molecule has 1 amide bonds. The van der Waals surface area contributed by atoms with Crippen molar-refractivity contribution < 1.29 is 46.8 Å². The Bertz CT molecular complexity index is 1120. The molecule has 0 saturated carbocycles. The zero-order chi connectivity index (χ0) is 28.3. The van der Waals surface area contributed by atoms with Crippen LogP contribution in [0, 0.1) is 11.6 Å². The number of methoxy groups -OCH3 is 2. The highest BCUT2D eigenvalue weighted by Crippen LogP contribution is 2.29. The molecule has 0 fully saturated rings. The first kappa shape index (κ1) is 31.6. The minimum absolute atomic E-state index is 0.0150. The predicted molar refractivity (Wildman–Crippen MR) is 135 cm³/mol. The fourth-order valence-corrected chi connectivity index (χ4v) is 3.18. The third-order valence-corrected chi connectivity index (χ3v) is 4.86. The third-order valence-electron chi connectivity index (χ3n) is 4.20. The van der Waals surface area contributed by atoms with Crippen LogP contribution < -0.4 is 14.8 Å². The lowest BCUT2D eigenvalue weighted by Gasteiger charge is -2.20. The molecule has 1 N–H and O–H groups in total. The van der Waals surface area contributed by atoms with E-state index in [1.54, 1.807) is 34.6 Å². The van der Waals surface area contributed by atoms with Crippen LogP contribution in [0.15, 0.2) is 28.7 Å². The molecule has 9 nitrogen and oxygen atoms in total. The van der Waals surface area contributed by atoms with Crippen molar-refractivity contribution in [1.29, 1.82) is 0 Å². The van der Waals surface area contributed by atoms with E-state index in [9.17, 15) is 23.2 Å². The third kappa shape index (κ3) is 9.19. The van der Waals surface area contributed by atoms with E-state index in [1.165, 1.54) is 38.5 Å². The summed E-state index contributed by atoms with van der Waals surface area (Å²) in [5.41, 5.74) is -1.33. The summed E-state index contributed by atoms with van der Waals surface area (Å²) in [7, 11) is 2.61. The smallest absolute Gasteiger partial charge is 0.412 e. The molecule has 0 bridgehead atoms. The molecule has 0 saturated heterocycles. The lowest BCUT2D eigenvalue weighted by Crippen LogP contribution is -2.28. The van der Waals surface area contributed by atoms with Gasteiger partial charge in [0, 0.05) is 4.47 Å². The fourth-order valence-electron chi connectivity index (χ4n) is 2.72. The van der Waals surface area contributed by atoms with E-state index in [1.807, 2.05) is 0 Å². The van der Waals surface area contributed by atoms with Gasteiger partial charge in [-0.25, -0.2) is 23.2 Å². The van der Waals surface area contributed by atoms with Gasteiger partial charge in [0.2, 0.25) is 0 Å². The normalized spacial score (nSPS) is 10.4. The molecule has 2 aromatic rings. The number of anilines is 1. The molecule has 204 valence electrons. The topological polar surface area (TPSA) is 109 Å². The number of esters is 2. The van der Waals surface area contributed by atoms with Gasteiger partial charge >= 0.3 is 18.0 Å². The Morgan fingerprint density at radius 1 is 0.838 bits per heavy atom. The monoisotopic (exact) mass is 589 g/mol. The number of hydrogen-bond acceptors (Lipinski definition) is 8. The lowest BCUT2D eigenvalue weighted by atomic mass is 10.1. The molecule has 0 spiro atoms. The Labute approximate surface area is 222 Å². The number of nitrogens with one attached hydrogen (secondary N) is 1. The minimum Gasteiger partial charge on any atom is -0.494 e. The standard InChI is InChI=1S/C15H20FNO5.C10H10BrFO3/c1-6-21-13(18)11-9(7-8-10(20-5)12(11)16)17-14(19)22-15(2,3)4;1-3-15-10(13)8-6(11)4-5-7(14-2)9(8)12/h7-8H,6H2,1-5H3,(H,17,19);4-5H,3H2,1-2H3. The SMILES string of the molecule is CCOC(=O)c1c(Br)ccc(OC)c1F.CCOC(=O)c1c(NC(=O)OC(C)(C)C)ccc(OC)c1F. The number of ether oxygens (including phenoxy) is 5. The Kier molecular flexibility index (Phi) is 12.3. The summed E-state index contributed by atoms with van der Waals surface area (Å²) in [5.74, 6) is -3.34. The molecule has 0 atom stereocenters. The summed E-state index contributed by atoms with van der Waals surface area (Å²) in [6.45, 7) is 8.58. The van der Waals surface area contributed by atoms with Crippen molar-refractivity contribution in [3.8, 4) is 11.5 Å². The highest BCUT2D eigenvalue weighted by Gasteiger charge is 2.25. The minimum atomic E-state index is -0.908. The zero-order valence-corrected chi connectivity index (χ0v) is 23.2. The number of benzene rings is 2. The van der Waals surface area contributed by atoms with E-state index in [4.69, 9.17) is 23.7 Å². The van der Waals surface area contributed by atoms with Crippen molar-refractivity contribution in [3.05, 3.63) is 51.5 Å². The maximum atomic E-state index is 14.3. The van der Waals surface area contributed by atoms with Gasteiger partial charge in [0.15, 0.2) is 23.1 Å². The average Bonchev–Trinajstić information content (AvgIpc) is 2.79. The summed E-state index contributed by atoms with van der Waals surface area (Å²) in [6, 6.07) is 5.61. The van der Waals surface area contributed by atoms with Crippen molar-refractivity contribution in [3.63, 3.8) is 0 Å². The number of halogens is 3. The van der Waals surface area contributed by atoms with Crippen LogP contribution in [-0.4, -0.2) is 51.1 Å². The van der Waals surface area contributed by atoms with Crippen molar-refractivity contribution in [2.75, 3.05) is 32.8 Å². The number of carbonyl (C=O) groups is 3. The predicted octanol–water partition coefficient (Wildman–Crippen LogP) is 6.13. The molecule has 0 aliphatic carbocycles. The van der Waals surface area contributed by atoms with Gasteiger partial charge in [-0.2, -0.15) is 0 Å². The largest absolute Gasteiger partial charge is 0.494 e. The first-order valence-corrected chi connectivity index (χ1v) is 11.8. The number of hydrogen-bond donors (Lipinski definition) is 1. The number of amides is 1. The number of rotatable bonds is 7. The first-order chi connectivity index (χ1) is 17.3. The molecular formula is C25H30BrF2NO8. The zero-order valence-electron chi connectivity index (χ0n) is 21.6. The first-order valence-electron chi connectivity index (χ1n) is 11.0. The molecule has 12 heteroatoms. The van der Waals surface area contributed by atoms with Gasteiger partial charge in [-0.05, 0) is 74.8 Å². The van der Waals surface area contributed by atoms with E-state index >= 15 is 0 Å². The van der Waals surface area contributed by atoms with Crippen LogP contribution in [0.5, 0.6) is 11.5 Å². The van der Waals surface area contributed by atoms with Gasteiger partial charge in [-0.15, -0.1) is 0 Å². The maximum absolute atomic E-state index is 14.3. The van der Waals surface area contributed by atoms with Gasteiger partial charge in [-0.3, -0.25) is 5.32 Å². The molecule has 0 aromatic heterocycles. The van der Waals surface area contributed by atoms with Crippen molar-refractivity contribution in [2.45, 2.75) is 40.2 Å². The molecule has 0 aliphatic rings. The van der Waals surface area contributed by atoms with E-state index in [0.717, 1.165) is 0 Å². The highest BCUT2D eigenvalue weighted by molar-refractivity contribution is 9.10. The summed E-state index contributed by atoms with van der Waals surface area (Å²) in [6.07, 6.45) is -0.803. The molecule has 0 unspecified atom stereocenters.